The first-order chi connectivity index (χ1) is 13.0. The molecule has 1 aliphatic heterocycles. The number of likely N-dealkylation sites (tertiary alicyclic amines) is 1. The average Bonchev–Trinajstić information content (AvgIpc) is 2.62. The zero-order chi connectivity index (χ0) is 19.4. The SMILES string of the molecule is Cc1cc(O[C@@H]2CCCN(C(=O)CC#N)C2)c2cc(OC(C)C)ccc2n1. The standard InChI is InChI=1S/C21H25N3O3/c1-14(2)26-16-6-7-19-18(12-16)20(11-15(3)23-19)27-17-5-4-10-24(13-17)21(25)8-9-22/h6-7,11-12,14,17H,4-5,8,10,13H2,1-3H3/t17-/m1/s1. The summed E-state index contributed by atoms with van der Waals surface area (Å²) in [6, 6.07) is 9.67. The molecule has 27 heavy (non-hydrogen) atoms. The zero-order valence-corrected chi connectivity index (χ0v) is 16.1. The van der Waals surface area contributed by atoms with Crippen LogP contribution in [0.1, 0.15) is 38.8 Å². The van der Waals surface area contributed by atoms with E-state index in [-0.39, 0.29) is 24.5 Å². The van der Waals surface area contributed by atoms with E-state index in [0.29, 0.717) is 13.1 Å². The highest BCUT2D eigenvalue weighted by Crippen LogP contribution is 2.31. The Morgan fingerprint density at radius 1 is 1.41 bits per heavy atom. The second-order valence-corrected chi connectivity index (χ2v) is 7.16. The topological polar surface area (TPSA) is 75.5 Å². The predicted octanol–water partition coefficient (Wildman–Crippen LogP) is 3.61. The van der Waals surface area contributed by atoms with Gasteiger partial charge in [0.05, 0.1) is 24.2 Å². The van der Waals surface area contributed by atoms with Gasteiger partial charge >= 0.3 is 0 Å². The number of nitrogens with zero attached hydrogens (tertiary/aromatic N) is 3. The number of aromatic nitrogens is 1. The monoisotopic (exact) mass is 367 g/mol. The van der Waals surface area contributed by atoms with Crippen molar-refractivity contribution in [1.82, 2.24) is 9.88 Å². The Hall–Kier alpha value is -2.81. The van der Waals surface area contributed by atoms with E-state index in [1.54, 1.807) is 4.90 Å². The van der Waals surface area contributed by atoms with Crippen LogP contribution in [0, 0.1) is 18.3 Å². The number of amides is 1. The van der Waals surface area contributed by atoms with E-state index in [1.807, 2.05) is 51.1 Å². The van der Waals surface area contributed by atoms with Crippen LogP contribution in [0.15, 0.2) is 24.3 Å². The molecule has 142 valence electrons. The molecule has 0 bridgehead atoms. The third-order valence-corrected chi connectivity index (χ3v) is 4.50. The number of nitriles is 1. The zero-order valence-electron chi connectivity index (χ0n) is 16.1. The minimum absolute atomic E-state index is 0.0834. The molecule has 0 aliphatic carbocycles. The maximum Gasteiger partial charge on any atom is 0.236 e. The van der Waals surface area contributed by atoms with Crippen LogP contribution in [0.25, 0.3) is 10.9 Å². The highest BCUT2D eigenvalue weighted by Gasteiger charge is 2.25. The number of piperidine rings is 1. The van der Waals surface area contributed by atoms with Crippen molar-refractivity contribution in [2.24, 2.45) is 0 Å². The third kappa shape index (κ3) is 4.68. The van der Waals surface area contributed by atoms with Gasteiger partial charge in [-0.15, -0.1) is 0 Å². The number of hydrogen-bond donors (Lipinski definition) is 0. The number of benzene rings is 1. The summed E-state index contributed by atoms with van der Waals surface area (Å²) in [5.41, 5.74) is 1.73. The Morgan fingerprint density at radius 3 is 2.96 bits per heavy atom. The fraction of sp³-hybridized carbons (Fsp3) is 0.476. The fourth-order valence-electron chi connectivity index (χ4n) is 3.36. The molecule has 1 fully saturated rings. The Balaban J connectivity index is 1.84. The highest BCUT2D eigenvalue weighted by molar-refractivity contribution is 5.86. The first kappa shape index (κ1) is 19.0. The number of aryl methyl sites for hydroxylation is 1. The summed E-state index contributed by atoms with van der Waals surface area (Å²) in [6.45, 7) is 7.11. The average molecular weight is 367 g/mol. The van der Waals surface area contributed by atoms with Crippen molar-refractivity contribution in [2.75, 3.05) is 13.1 Å². The van der Waals surface area contributed by atoms with Crippen LogP contribution in [0.3, 0.4) is 0 Å². The molecule has 1 saturated heterocycles. The number of fused-ring (bicyclic) bond motifs is 1. The van der Waals surface area contributed by atoms with Crippen LogP contribution in [0.5, 0.6) is 11.5 Å². The largest absolute Gasteiger partial charge is 0.491 e. The van der Waals surface area contributed by atoms with Gasteiger partial charge < -0.3 is 14.4 Å². The fourth-order valence-corrected chi connectivity index (χ4v) is 3.36. The molecule has 3 rings (SSSR count). The molecule has 1 aromatic heterocycles. The van der Waals surface area contributed by atoms with Gasteiger partial charge in [0.1, 0.15) is 24.0 Å². The van der Waals surface area contributed by atoms with Crippen molar-refractivity contribution in [3.05, 3.63) is 30.0 Å². The van der Waals surface area contributed by atoms with E-state index < -0.39 is 0 Å². The van der Waals surface area contributed by atoms with Crippen molar-refractivity contribution < 1.29 is 14.3 Å². The normalized spacial score (nSPS) is 17.0. The van der Waals surface area contributed by atoms with Crippen LogP contribution >= 0.6 is 0 Å². The van der Waals surface area contributed by atoms with Gasteiger partial charge in [-0.3, -0.25) is 9.78 Å². The molecule has 2 aromatic rings. The lowest BCUT2D eigenvalue weighted by Crippen LogP contribution is -2.44. The van der Waals surface area contributed by atoms with Gasteiger partial charge in [0, 0.05) is 23.7 Å². The molecule has 1 atom stereocenters. The number of hydrogen-bond acceptors (Lipinski definition) is 5. The van der Waals surface area contributed by atoms with E-state index in [4.69, 9.17) is 14.7 Å². The van der Waals surface area contributed by atoms with E-state index >= 15 is 0 Å². The third-order valence-electron chi connectivity index (χ3n) is 4.50. The van der Waals surface area contributed by atoms with Crippen LogP contribution in [0.2, 0.25) is 0 Å². The highest BCUT2D eigenvalue weighted by atomic mass is 16.5. The predicted molar refractivity (Wildman–Crippen MR) is 103 cm³/mol. The summed E-state index contributed by atoms with van der Waals surface area (Å²) < 4.78 is 12.1. The molecular weight excluding hydrogens is 342 g/mol. The van der Waals surface area contributed by atoms with Crippen LogP contribution in [-0.4, -0.2) is 41.1 Å². The first-order valence-electron chi connectivity index (χ1n) is 9.35. The molecule has 6 nitrogen and oxygen atoms in total. The van der Waals surface area contributed by atoms with Crippen LogP contribution in [-0.2, 0) is 4.79 Å². The van der Waals surface area contributed by atoms with Gasteiger partial charge in [-0.2, -0.15) is 5.26 Å². The lowest BCUT2D eigenvalue weighted by Gasteiger charge is -2.32. The van der Waals surface area contributed by atoms with Crippen molar-refractivity contribution in [3.63, 3.8) is 0 Å². The molecule has 0 unspecified atom stereocenters. The smallest absolute Gasteiger partial charge is 0.236 e. The van der Waals surface area contributed by atoms with Gasteiger partial charge in [0.2, 0.25) is 5.91 Å². The molecule has 1 aliphatic rings. The summed E-state index contributed by atoms with van der Waals surface area (Å²) in [5, 5.41) is 9.66. The van der Waals surface area contributed by atoms with Gasteiger partial charge in [0.25, 0.3) is 0 Å². The number of ether oxygens (including phenoxy) is 2. The molecule has 1 amide bonds. The van der Waals surface area contributed by atoms with E-state index in [2.05, 4.69) is 4.98 Å². The summed E-state index contributed by atoms with van der Waals surface area (Å²) in [4.78, 5) is 18.3. The summed E-state index contributed by atoms with van der Waals surface area (Å²) in [7, 11) is 0. The molecule has 0 spiro atoms. The Labute approximate surface area is 159 Å². The first-order valence-corrected chi connectivity index (χ1v) is 9.35. The maximum atomic E-state index is 12.0. The van der Waals surface area contributed by atoms with Crippen molar-refractivity contribution in [3.8, 4) is 17.6 Å². The lowest BCUT2D eigenvalue weighted by molar-refractivity contribution is -0.132. The quantitative estimate of drug-likeness (QED) is 0.807. The molecule has 2 heterocycles. The summed E-state index contributed by atoms with van der Waals surface area (Å²) >= 11 is 0. The minimum atomic E-state index is -0.130. The van der Waals surface area contributed by atoms with Gasteiger partial charge in [-0.25, -0.2) is 0 Å². The Bertz CT molecular complexity index is 873. The van der Waals surface area contributed by atoms with Crippen molar-refractivity contribution >= 4 is 16.8 Å². The molecular formula is C21H25N3O3. The van der Waals surface area contributed by atoms with Crippen molar-refractivity contribution in [2.45, 2.75) is 52.2 Å². The number of carbonyl (C=O) groups excluding carboxylic acids is 1. The van der Waals surface area contributed by atoms with Crippen LogP contribution in [0.4, 0.5) is 0 Å². The van der Waals surface area contributed by atoms with E-state index in [9.17, 15) is 4.79 Å². The van der Waals surface area contributed by atoms with Gasteiger partial charge in [-0.1, -0.05) is 0 Å². The molecule has 0 N–H and O–H groups in total. The Kier molecular flexibility index (Phi) is 5.80. The van der Waals surface area contributed by atoms with Gasteiger partial charge in [-0.05, 0) is 51.8 Å². The summed E-state index contributed by atoms with van der Waals surface area (Å²) in [6.07, 6.45) is 1.65. The lowest BCUT2D eigenvalue weighted by atomic mass is 10.1. The number of pyridine rings is 1. The molecule has 0 saturated carbocycles. The molecule has 1 aromatic carbocycles. The van der Waals surface area contributed by atoms with Crippen LogP contribution < -0.4 is 9.47 Å². The van der Waals surface area contributed by atoms with Gasteiger partial charge in [0.15, 0.2) is 0 Å². The Morgan fingerprint density at radius 2 is 2.22 bits per heavy atom. The number of carbonyl (C=O) groups is 1. The minimum Gasteiger partial charge on any atom is -0.491 e. The molecule has 0 radical (unpaired) electrons. The molecule has 6 heteroatoms. The maximum absolute atomic E-state index is 12.0. The van der Waals surface area contributed by atoms with Crippen molar-refractivity contribution in [1.29, 1.82) is 5.26 Å². The summed E-state index contributed by atoms with van der Waals surface area (Å²) in [5.74, 6) is 1.41. The van der Waals surface area contributed by atoms with E-state index in [1.165, 1.54) is 0 Å². The van der Waals surface area contributed by atoms with E-state index in [0.717, 1.165) is 40.9 Å². The second kappa shape index (κ2) is 8.26. The number of rotatable bonds is 5. The second-order valence-electron chi connectivity index (χ2n) is 7.16.